The van der Waals surface area contributed by atoms with Crippen molar-refractivity contribution in [1.82, 2.24) is 0 Å². The van der Waals surface area contributed by atoms with Gasteiger partial charge in [0.05, 0.1) is 9.95 Å². The zero-order valence-electron chi connectivity index (χ0n) is 11.9. The molecule has 1 aliphatic rings. The van der Waals surface area contributed by atoms with Crippen LogP contribution in [0.25, 0.3) is 6.08 Å². The Labute approximate surface area is 140 Å². The Morgan fingerprint density at radius 1 is 1.21 bits per heavy atom. The maximum Gasteiger partial charge on any atom is 0.363 e. The predicted molar refractivity (Wildman–Crippen MR) is 85.1 cm³/mol. The van der Waals surface area contributed by atoms with Gasteiger partial charge in [0.2, 0.25) is 5.90 Å². The summed E-state index contributed by atoms with van der Waals surface area (Å²) in [7, 11) is 0. The summed E-state index contributed by atoms with van der Waals surface area (Å²) in [5, 5.41) is 10.8. The number of hydrogen-bond donors (Lipinski definition) is 0. The van der Waals surface area contributed by atoms with Crippen molar-refractivity contribution in [2.45, 2.75) is 0 Å². The van der Waals surface area contributed by atoms with Crippen molar-refractivity contribution in [3.63, 3.8) is 0 Å². The summed E-state index contributed by atoms with van der Waals surface area (Å²) >= 11 is 5.91. The molecule has 0 spiro atoms. The van der Waals surface area contributed by atoms with Crippen LogP contribution in [0.15, 0.2) is 53.2 Å². The van der Waals surface area contributed by atoms with Crippen molar-refractivity contribution < 1.29 is 18.8 Å². The van der Waals surface area contributed by atoms with Gasteiger partial charge in [-0.15, -0.1) is 0 Å². The largest absolute Gasteiger partial charge is 0.402 e. The van der Waals surface area contributed by atoms with Crippen LogP contribution in [0.4, 0.5) is 10.1 Å². The van der Waals surface area contributed by atoms with Crippen molar-refractivity contribution in [2.75, 3.05) is 0 Å². The first-order valence-corrected chi connectivity index (χ1v) is 7.05. The number of carbonyl (C=O) groups excluding carboxylic acids is 1. The molecule has 8 heteroatoms. The number of rotatable bonds is 3. The van der Waals surface area contributed by atoms with Crippen LogP contribution < -0.4 is 0 Å². The highest BCUT2D eigenvalue weighted by Gasteiger charge is 2.25. The van der Waals surface area contributed by atoms with Crippen LogP contribution in [0, 0.1) is 15.9 Å². The molecule has 0 radical (unpaired) electrons. The summed E-state index contributed by atoms with van der Waals surface area (Å²) < 4.78 is 18.8. The van der Waals surface area contributed by atoms with Gasteiger partial charge in [-0.1, -0.05) is 17.7 Å². The van der Waals surface area contributed by atoms with Gasteiger partial charge in [-0.2, -0.15) is 0 Å². The summed E-state index contributed by atoms with van der Waals surface area (Å²) in [6.07, 6.45) is 1.19. The number of carbonyl (C=O) groups is 1. The molecule has 1 heterocycles. The monoisotopic (exact) mass is 346 g/mol. The third-order valence-electron chi connectivity index (χ3n) is 3.23. The van der Waals surface area contributed by atoms with Crippen LogP contribution in [0.2, 0.25) is 5.02 Å². The van der Waals surface area contributed by atoms with Gasteiger partial charge in [0, 0.05) is 23.3 Å². The Morgan fingerprint density at radius 2 is 1.92 bits per heavy atom. The molecule has 0 bridgehead atoms. The number of non-ortho nitro benzene ring substituents is 1. The van der Waals surface area contributed by atoms with E-state index < -0.39 is 16.7 Å². The second kappa shape index (κ2) is 6.21. The maximum absolute atomic E-state index is 13.8. The molecule has 0 aliphatic carbocycles. The van der Waals surface area contributed by atoms with Crippen LogP contribution in [-0.4, -0.2) is 16.8 Å². The molecule has 2 aromatic rings. The smallest absolute Gasteiger partial charge is 0.363 e. The minimum absolute atomic E-state index is 0.0198. The fraction of sp³-hybridized carbons (Fsp3) is 0. The number of hydrogen-bond acceptors (Lipinski definition) is 5. The third-order valence-corrected chi connectivity index (χ3v) is 3.56. The molecular weight excluding hydrogens is 339 g/mol. The summed E-state index contributed by atoms with van der Waals surface area (Å²) in [4.78, 5) is 26.0. The number of halogens is 2. The second-order valence-corrected chi connectivity index (χ2v) is 5.18. The van der Waals surface area contributed by atoms with Crippen molar-refractivity contribution in [1.29, 1.82) is 0 Å². The fourth-order valence-corrected chi connectivity index (χ4v) is 2.26. The molecule has 1 aliphatic heterocycles. The SMILES string of the molecule is O=C1OC(c2ccc([N+](=O)[O-])cc2)=NC1=Cc1c(F)cccc1Cl. The van der Waals surface area contributed by atoms with Gasteiger partial charge in [0.1, 0.15) is 5.82 Å². The van der Waals surface area contributed by atoms with Crippen molar-refractivity contribution in [3.8, 4) is 0 Å². The summed E-state index contributed by atoms with van der Waals surface area (Å²) in [6, 6.07) is 9.48. The zero-order chi connectivity index (χ0) is 17.3. The lowest BCUT2D eigenvalue weighted by atomic mass is 10.2. The Kier molecular flexibility index (Phi) is 4.09. The average Bonchev–Trinajstić information content (AvgIpc) is 2.92. The van der Waals surface area contributed by atoms with Gasteiger partial charge >= 0.3 is 5.97 Å². The molecule has 0 aromatic heterocycles. The summed E-state index contributed by atoms with van der Waals surface area (Å²) in [5.41, 5.74) is 0.199. The number of ether oxygens (including phenoxy) is 1. The number of nitro groups is 1. The van der Waals surface area contributed by atoms with E-state index in [9.17, 15) is 19.3 Å². The first kappa shape index (κ1) is 15.8. The van der Waals surface area contributed by atoms with E-state index in [1.165, 1.54) is 48.5 Å². The number of nitrogens with zero attached hydrogens (tertiary/aromatic N) is 2. The second-order valence-electron chi connectivity index (χ2n) is 4.78. The normalized spacial score (nSPS) is 15.3. The molecule has 0 N–H and O–H groups in total. The molecule has 6 nitrogen and oxygen atoms in total. The number of benzene rings is 2. The van der Waals surface area contributed by atoms with Crippen LogP contribution in [0.5, 0.6) is 0 Å². The molecule has 0 amide bonds. The molecule has 3 rings (SSSR count). The van der Waals surface area contributed by atoms with E-state index in [1.807, 2.05) is 0 Å². The van der Waals surface area contributed by atoms with Crippen LogP contribution in [-0.2, 0) is 9.53 Å². The van der Waals surface area contributed by atoms with Crippen molar-refractivity contribution in [3.05, 3.63) is 80.2 Å². The minimum atomic E-state index is -0.761. The highest BCUT2D eigenvalue weighted by atomic mass is 35.5. The molecule has 0 fully saturated rings. The van der Waals surface area contributed by atoms with Crippen molar-refractivity contribution >= 4 is 35.2 Å². The van der Waals surface area contributed by atoms with E-state index in [0.717, 1.165) is 0 Å². The molecule has 0 saturated heterocycles. The number of aliphatic imine (C=N–C) groups is 1. The van der Waals surface area contributed by atoms with Gasteiger partial charge < -0.3 is 4.74 Å². The topological polar surface area (TPSA) is 81.8 Å². The molecule has 0 unspecified atom stereocenters. The number of cyclic esters (lactones) is 1. The Bertz CT molecular complexity index is 887. The quantitative estimate of drug-likeness (QED) is 0.367. The lowest BCUT2D eigenvalue weighted by Crippen LogP contribution is -2.05. The lowest BCUT2D eigenvalue weighted by molar-refractivity contribution is -0.384. The van der Waals surface area contributed by atoms with E-state index in [4.69, 9.17) is 16.3 Å². The average molecular weight is 347 g/mol. The molecule has 24 heavy (non-hydrogen) atoms. The van der Waals surface area contributed by atoms with Crippen LogP contribution >= 0.6 is 11.6 Å². The molecule has 2 aromatic carbocycles. The first-order chi connectivity index (χ1) is 11.5. The van der Waals surface area contributed by atoms with E-state index in [-0.39, 0.29) is 27.9 Å². The van der Waals surface area contributed by atoms with E-state index >= 15 is 0 Å². The van der Waals surface area contributed by atoms with Crippen molar-refractivity contribution in [2.24, 2.45) is 4.99 Å². The maximum atomic E-state index is 13.8. The van der Waals surface area contributed by atoms with Gasteiger partial charge in [-0.3, -0.25) is 10.1 Å². The highest BCUT2D eigenvalue weighted by Crippen LogP contribution is 2.25. The van der Waals surface area contributed by atoms with Gasteiger partial charge in [-0.05, 0) is 30.3 Å². The van der Waals surface area contributed by atoms with Gasteiger partial charge in [0.25, 0.3) is 5.69 Å². The molecular formula is C16H8ClFN2O4. The van der Waals surface area contributed by atoms with Crippen LogP contribution in [0.3, 0.4) is 0 Å². The van der Waals surface area contributed by atoms with E-state index in [1.54, 1.807) is 0 Å². The molecule has 0 saturated carbocycles. The fourth-order valence-electron chi connectivity index (χ4n) is 2.04. The Balaban J connectivity index is 1.96. The lowest BCUT2D eigenvalue weighted by Gasteiger charge is -1.99. The van der Waals surface area contributed by atoms with E-state index in [2.05, 4.69) is 4.99 Å². The Morgan fingerprint density at radius 3 is 2.54 bits per heavy atom. The summed E-state index contributed by atoms with van der Waals surface area (Å²) in [6.45, 7) is 0. The summed E-state index contributed by atoms with van der Waals surface area (Å²) in [5.74, 6) is -1.38. The number of esters is 1. The van der Waals surface area contributed by atoms with Gasteiger partial charge in [0.15, 0.2) is 5.70 Å². The molecule has 0 atom stereocenters. The minimum Gasteiger partial charge on any atom is -0.402 e. The number of nitro benzene ring substituents is 1. The predicted octanol–water partition coefficient (Wildman–Crippen LogP) is 3.73. The first-order valence-electron chi connectivity index (χ1n) is 6.67. The zero-order valence-corrected chi connectivity index (χ0v) is 12.7. The third kappa shape index (κ3) is 3.02. The standard InChI is InChI=1S/C16H8ClFN2O4/c17-12-2-1-3-13(18)11(12)8-14-16(21)24-15(19-14)9-4-6-10(7-5-9)20(22)23/h1-8H. The van der Waals surface area contributed by atoms with E-state index in [0.29, 0.717) is 5.56 Å². The Hall–Kier alpha value is -3.06. The molecule has 120 valence electrons. The van der Waals surface area contributed by atoms with Gasteiger partial charge in [-0.25, -0.2) is 14.2 Å². The highest BCUT2D eigenvalue weighted by molar-refractivity contribution is 6.32. The van der Waals surface area contributed by atoms with Crippen LogP contribution in [0.1, 0.15) is 11.1 Å².